The van der Waals surface area contributed by atoms with Crippen molar-refractivity contribution >= 4 is 0 Å². The van der Waals surface area contributed by atoms with Crippen molar-refractivity contribution < 1.29 is 4.42 Å². The second-order valence-corrected chi connectivity index (χ2v) is 7.25. The van der Waals surface area contributed by atoms with Gasteiger partial charge in [-0.15, -0.1) is 0 Å². The summed E-state index contributed by atoms with van der Waals surface area (Å²) in [5.41, 5.74) is 1.43. The van der Waals surface area contributed by atoms with Gasteiger partial charge >= 0.3 is 0 Å². The number of nitrogens with one attached hydrogen (secondary N) is 1. The van der Waals surface area contributed by atoms with Crippen LogP contribution in [0.15, 0.2) is 10.5 Å². The Morgan fingerprint density at radius 1 is 1.30 bits per heavy atom. The average Bonchev–Trinajstić information content (AvgIpc) is 2.95. The van der Waals surface area contributed by atoms with E-state index in [9.17, 15) is 0 Å². The highest BCUT2D eigenvalue weighted by atomic mass is 16.3. The van der Waals surface area contributed by atoms with Crippen LogP contribution in [0.25, 0.3) is 0 Å². The highest BCUT2D eigenvalue weighted by Gasteiger charge is 2.21. The van der Waals surface area contributed by atoms with Crippen LogP contribution in [0.3, 0.4) is 0 Å². The number of hydrogen-bond acceptors (Lipinski definition) is 3. The zero-order valence-corrected chi connectivity index (χ0v) is 13.8. The Hall–Kier alpha value is -0.800. The summed E-state index contributed by atoms with van der Waals surface area (Å²) in [4.78, 5) is 2.45. The van der Waals surface area contributed by atoms with Crippen molar-refractivity contribution in [2.75, 3.05) is 7.05 Å². The first-order chi connectivity index (χ1) is 9.35. The third-order valence-corrected chi connectivity index (χ3v) is 4.23. The van der Waals surface area contributed by atoms with Crippen molar-refractivity contribution in [1.82, 2.24) is 10.2 Å². The molecule has 0 amide bonds. The van der Waals surface area contributed by atoms with Crippen LogP contribution in [0.1, 0.15) is 63.5 Å². The van der Waals surface area contributed by atoms with Crippen LogP contribution in [0.4, 0.5) is 0 Å². The van der Waals surface area contributed by atoms with Gasteiger partial charge in [0, 0.05) is 23.7 Å². The first-order valence-corrected chi connectivity index (χ1v) is 7.88. The molecule has 0 aromatic carbocycles. The van der Waals surface area contributed by atoms with Gasteiger partial charge in [-0.3, -0.25) is 4.90 Å². The molecule has 2 rings (SSSR count). The van der Waals surface area contributed by atoms with Gasteiger partial charge in [-0.05, 0) is 53.7 Å². The van der Waals surface area contributed by atoms with Gasteiger partial charge in [0.05, 0.1) is 6.54 Å². The van der Waals surface area contributed by atoms with Crippen LogP contribution in [-0.2, 0) is 13.1 Å². The Balaban J connectivity index is 1.92. The molecule has 0 atom stereocenters. The number of aryl methyl sites for hydroxylation is 1. The zero-order chi connectivity index (χ0) is 14.8. The molecule has 0 unspecified atom stereocenters. The monoisotopic (exact) mass is 278 g/mol. The molecule has 0 aliphatic heterocycles. The van der Waals surface area contributed by atoms with Crippen molar-refractivity contribution in [2.24, 2.45) is 0 Å². The topological polar surface area (TPSA) is 28.4 Å². The maximum absolute atomic E-state index is 5.93. The van der Waals surface area contributed by atoms with Gasteiger partial charge in [0.1, 0.15) is 11.5 Å². The van der Waals surface area contributed by atoms with Crippen LogP contribution >= 0.6 is 0 Å². The molecule has 3 heteroatoms. The van der Waals surface area contributed by atoms with E-state index in [2.05, 4.69) is 51.0 Å². The van der Waals surface area contributed by atoms with E-state index in [1.54, 1.807) is 0 Å². The fraction of sp³-hybridized carbons (Fsp3) is 0.765. The molecular weight excluding hydrogens is 248 g/mol. The highest BCUT2D eigenvalue weighted by Crippen LogP contribution is 2.25. The van der Waals surface area contributed by atoms with Crippen LogP contribution in [0.5, 0.6) is 0 Å². The summed E-state index contributed by atoms with van der Waals surface area (Å²) in [5.74, 6) is 2.15. The molecule has 1 aliphatic rings. The van der Waals surface area contributed by atoms with Crippen molar-refractivity contribution in [3.05, 3.63) is 23.2 Å². The quantitative estimate of drug-likeness (QED) is 0.887. The molecule has 1 aromatic heterocycles. The molecule has 1 N–H and O–H groups in total. The van der Waals surface area contributed by atoms with Crippen molar-refractivity contribution in [3.8, 4) is 0 Å². The molecule has 1 aliphatic carbocycles. The predicted octanol–water partition coefficient (Wildman–Crippen LogP) is 3.85. The van der Waals surface area contributed by atoms with Gasteiger partial charge < -0.3 is 9.73 Å². The summed E-state index contributed by atoms with van der Waals surface area (Å²) in [6, 6.07) is 2.97. The van der Waals surface area contributed by atoms with E-state index in [0.717, 1.165) is 30.7 Å². The summed E-state index contributed by atoms with van der Waals surface area (Å²) in [5, 5.41) is 3.53. The lowest BCUT2D eigenvalue weighted by Crippen LogP contribution is -2.35. The molecule has 0 spiro atoms. The molecule has 20 heavy (non-hydrogen) atoms. The first-order valence-electron chi connectivity index (χ1n) is 7.88. The van der Waals surface area contributed by atoms with E-state index in [-0.39, 0.29) is 5.54 Å². The van der Waals surface area contributed by atoms with E-state index in [0.29, 0.717) is 0 Å². The minimum absolute atomic E-state index is 0.143. The lowest BCUT2D eigenvalue weighted by atomic mass is 10.1. The Bertz CT molecular complexity index is 425. The largest absolute Gasteiger partial charge is 0.465 e. The van der Waals surface area contributed by atoms with Gasteiger partial charge in [-0.2, -0.15) is 0 Å². The smallest absolute Gasteiger partial charge is 0.118 e. The molecule has 114 valence electrons. The molecular formula is C17H30N2O. The minimum Gasteiger partial charge on any atom is -0.465 e. The third-order valence-electron chi connectivity index (χ3n) is 4.23. The standard InChI is InChI=1S/C17H30N2O/c1-13-14(11-18-17(2,3)4)10-16(20-13)12-19(5)15-8-6-7-9-15/h10,15,18H,6-9,11-12H2,1-5H3. The maximum atomic E-state index is 5.93. The predicted molar refractivity (Wildman–Crippen MR) is 83.8 cm³/mol. The molecule has 0 bridgehead atoms. The van der Waals surface area contributed by atoms with E-state index in [1.807, 2.05) is 0 Å². The average molecular weight is 278 g/mol. The summed E-state index contributed by atoms with van der Waals surface area (Å²) in [7, 11) is 2.22. The van der Waals surface area contributed by atoms with Crippen LogP contribution in [0.2, 0.25) is 0 Å². The first kappa shape index (κ1) is 15.6. The Morgan fingerprint density at radius 3 is 2.55 bits per heavy atom. The summed E-state index contributed by atoms with van der Waals surface area (Å²) >= 11 is 0. The Kier molecular flexibility index (Phi) is 4.92. The van der Waals surface area contributed by atoms with Crippen LogP contribution in [0, 0.1) is 6.92 Å². The Labute approximate surface area is 123 Å². The number of rotatable bonds is 5. The summed E-state index contributed by atoms with van der Waals surface area (Å²) < 4.78 is 5.93. The van der Waals surface area contributed by atoms with E-state index in [4.69, 9.17) is 4.42 Å². The summed E-state index contributed by atoms with van der Waals surface area (Å²) in [6.07, 6.45) is 5.45. The molecule has 1 fully saturated rings. The van der Waals surface area contributed by atoms with E-state index >= 15 is 0 Å². The number of nitrogens with zero attached hydrogens (tertiary/aromatic N) is 1. The van der Waals surface area contributed by atoms with E-state index in [1.165, 1.54) is 31.2 Å². The van der Waals surface area contributed by atoms with Crippen molar-refractivity contribution in [2.45, 2.75) is 78.0 Å². The van der Waals surface area contributed by atoms with Crippen molar-refractivity contribution in [1.29, 1.82) is 0 Å². The zero-order valence-electron chi connectivity index (χ0n) is 13.8. The van der Waals surface area contributed by atoms with Gasteiger partial charge in [0.25, 0.3) is 0 Å². The SMILES string of the molecule is Cc1oc(CN(C)C2CCCC2)cc1CNC(C)(C)C. The normalized spacial score (nSPS) is 17.3. The minimum atomic E-state index is 0.143. The highest BCUT2D eigenvalue weighted by molar-refractivity contribution is 5.21. The molecule has 1 heterocycles. The molecule has 0 radical (unpaired) electrons. The fourth-order valence-corrected chi connectivity index (χ4v) is 2.92. The molecule has 0 saturated heterocycles. The lowest BCUT2D eigenvalue weighted by Gasteiger charge is -2.22. The fourth-order valence-electron chi connectivity index (χ4n) is 2.92. The van der Waals surface area contributed by atoms with Crippen LogP contribution in [-0.4, -0.2) is 23.5 Å². The van der Waals surface area contributed by atoms with Gasteiger partial charge in [0.15, 0.2) is 0 Å². The molecule has 3 nitrogen and oxygen atoms in total. The summed E-state index contributed by atoms with van der Waals surface area (Å²) in [6.45, 7) is 10.5. The van der Waals surface area contributed by atoms with Gasteiger partial charge in [-0.1, -0.05) is 12.8 Å². The van der Waals surface area contributed by atoms with Crippen molar-refractivity contribution in [3.63, 3.8) is 0 Å². The van der Waals surface area contributed by atoms with Gasteiger partial charge in [-0.25, -0.2) is 0 Å². The second-order valence-electron chi connectivity index (χ2n) is 7.25. The number of furan rings is 1. The molecule has 1 aromatic rings. The molecule has 1 saturated carbocycles. The lowest BCUT2D eigenvalue weighted by molar-refractivity contribution is 0.218. The van der Waals surface area contributed by atoms with Crippen LogP contribution < -0.4 is 5.32 Å². The van der Waals surface area contributed by atoms with Gasteiger partial charge in [0.2, 0.25) is 0 Å². The second kappa shape index (κ2) is 6.31. The Morgan fingerprint density at radius 2 is 1.95 bits per heavy atom. The third kappa shape index (κ3) is 4.35. The maximum Gasteiger partial charge on any atom is 0.118 e. The number of hydrogen-bond donors (Lipinski definition) is 1. The van der Waals surface area contributed by atoms with E-state index < -0.39 is 0 Å².